The predicted octanol–water partition coefficient (Wildman–Crippen LogP) is 3.46. The largest absolute Gasteiger partial charge is 0.493 e. The van der Waals surface area contributed by atoms with E-state index in [-0.39, 0.29) is 0 Å². The number of benzene rings is 2. The Hall–Kier alpha value is -2.47. The van der Waals surface area contributed by atoms with Crippen molar-refractivity contribution in [1.29, 1.82) is 5.26 Å². The van der Waals surface area contributed by atoms with E-state index in [2.05, 4.69) is 35.2 Å². The van der Waals surface area contributed by atoms with Crippen LogP contribution in [-0.4, -0.2) is 19.7 Å². The lowest BCUT2D eigenvalue weighted by Crippen LogP contribution is -2.21. The SMILES string of the molecule is N#Cc1cccc(OCC2CCN(c3ccccc3)C2)c1. The molecule has 1 atom stereocenters. The predicted molar refractivity (Wildman–Crippen MR) is 83.4 cm³/mol. The molecule has 1 aliphatic rings. The zero-order valence-electron chi connectivity index (χ0n) is 11.9. The first-order valence-electron chi connectivity index (χ1n) is 7.28. The average Bonchev–Trinajstić information content (AvgIpc) is 3.03. The maximum absolute atomic E-state index is 8.89. The molecule has 1 unspecified atom stereocenters. The van der Waals surface area contributed by atoms with E-state index < -0.39 is 0 Å². The van der Waals surface area contributed by atoms with Gasteiger partial charge < -0.3 is 9.64 Å². The van der Waals surface area contributed by atoms with E-state index in [4.69, 9.17) is 10.00 Å². The van der Waals surface area contributed by atoms with Crippen molar-refractivity contribution < 1.29 is 4.74 Å². The van der Waals surface area contributed by atoms with Crippen molar-refractivity contribution in [2.75, 3.05) is 24.6 Å². The molecule has 0 N–H and O–H groups in total. The number of rotatable bonds is 4. The van der Waals surface area contributed by atoms with Gasteiger partial charge in [-0.25, -0.2) is 0 Å². The van der Waals surface area contributed by atoms with Crippen LogP contribution in [-0.2, 0) is 0 Å². The Morgan fingerprint density at radius 2 is 2.00 bits per heavy atom. The molecule has 106 valence electrons. The highest BCUT2D eigenvalue weighted by Gasteiger charge is 2.23. The molecule has 3 heteroatoms. The zero-order valence-corrected chi connectivity index (χ0v) is 11.9. The average molecular weight is 278 g/mol. The van der Waals surface area contributed by atoms with E-state index in [1.54, 1.807) is 12.1 Å². The minimum Gasteiger partial charge on any atom is -0.493 e. The lowest BCUT2D eigenvalue weighted by molar-refractivity contribution is 0.261. The molecule has 0 spiro atoms. The van der Waals surface area contributed by atoms with Crippen molar-refractivity contribution in [2.24, 2.45) is 5.92 Å². The lowest BCUT2D eigenvalue weighted by atomic mass is 10.1. The summed E-state index contributed by atoms with van der Waals surface area (Å²) >= 11 is 0. The monoisotopic (exact) mass is 278 g/mol. The molecule has 0 radical (unpaired) electrons. The molecule has 1 aliphatic heterocycles. The number of nitrogens with zero attached hydrogens (tertiary/aromatic N) is 2. The molecule has 0 aliphatic carbocycles. The van der Waals surface area contributed by atoms with Crippen LogP contribution in [0.2, 0.25) is 0 Å². The number of nitriles is 1. The molecule has 0 amide bonds. The Labute approximate surface area is 125 Å². The van der Waals surface area contributed by atoms with Crippen LogP contribution in [0.1, 0.15) is 12.0 Å². The van der Waals surface area contributed by atoms with E-state index in [0.717, 1.165) is 25.3 Å². The lowest BCUT2D eigenvalue weighted by Gasteiger charge is -2.18. The first-order chi connectivity index (χ1) is 10.3. The van der Waals surface area contributed by atoms with Gasteiger partial charge in [0.2, 0.25) is 0 Å². The summed E-state index contributed by atoms with van der Waals surface area (Å²) in [7, 11) is 0. The number of para-hydroxylation sites is 1. The Kier molecular flexibility index (Phi) is 4.07. The summed E-state index contributed by atoms with van der Waals surface area (Å²) in [5.74, 6) is 1.32. The van der Waals surface area contributed by atoms with Crippen LogP contribution < -0.4 is 9.64 Å². The maximum atomic E-state index is 8.89. The number of anilines is 1. The standard InChI is InChI=1S/C18H18N2O/c19-12-15-5-4-8-18(11-15)21-14-16-9-10-20(13-16)17-6-2-1-3-7-17/h1-8,11,16H,9-10,13-14H2. The number of hydrogen-bond donors (Lipinski definition) is 0. The number of ether oxygens (including phenoxy) is 1. The summed E-state index contributed by atoms with van der Waals surface area (Å²) in [6.07, 6.45) is 1.15. The van der Waals surface area contributed by atoms with Crippen molar-refractivity contribution in [3.8, 4) is 11.8 Å². The van der Waals surface area contributed by atoms with Gasteiger partial charge in [0.1, 0.15) is 5.75 Å². The van der Waals surface area contributed by atoms with Crippen molar-refractivity contribution in [1.82, 2.24) is 0 Å². The zero-order chi connectivity index (χ0) is 14.5. The summed E-state index contributed by atoms with van der Waals surface area (Å²) in [6, 6.07) is 20.0. The molecule has 3 rings (SSSR count). The van der Waals surface area contributed by atoms with Gasteiger partial charge in [0.15, 0.2) is 0 Å². The second-order valence-electron chi connectivity index (χ2n) is 5.39. The molecule has 2 aromatic rings. The van der Waals surface area contributed by atoms with Gasteiger partial charge in [0, 0.05) is 24.7 Å². The van der Waals surface area contributed by atoms with Gasteiger partial charge in [-0.3, -0.25) is 0 Å². The van der Waals surface area contributed by atoms with Gasteiger partial charge in [-0.15, -0.1) is 0 Å². The van der Waals surface area contributed by atoms with Crippen LogP contribution in [0.25, 0.3) is 0 Å². The number of hydrogen-bond acceptors (Lipinski definition) is 3. The quantitative estimate of drug-likeness (QED) is 0.859. The van der Waals surface area contributed by atoms with Crippen LogP contribution in [0.4, 0.5) is 5.69 Å². The molecule has 2 aromatic carbocycles. The van der Waals surface area contributed by atoms with E-state index in [0.29, 0.717) is 18.1 Å². The summed E-state index contributed by atoms with van der Waals surface area (Å²) < 4.78 is 5.84. The molecule has 1 heterocycles. The minimum absolute atomic E-state index is 0.538. The highest BCUT2D eigenvalue weighted by molar-refractivity contribution is 5.46. The fourth-order valence-corrected chi connectivity index (χ4v) is 2.71. The van der Waals surface area contributed by atoms with E-state index in [9.17, 15) is 0 Å². The third-order valence-electron chi connectivity index (χ3n) is 3.86. The first-order valence-corrected chi connectivity index (χ1v) is 7.28. The molecule has 21 heavy (non-hydrogen) atoms. The van der Waals surface area contributed by atoms with Gasteiger partial charge in [-0.1, -0.05) is 24.3 Å². The Morgan fingerprint density at radius 3 is 2.81 bits per heavy atom. The molecule has 0 bridgehead atoms. The third-order valence-corrected chi connectivity index (χ3v) is 3.86. The highest BCUT2D eigenvalue weighted by Crippen LogP contribution is 2.24. The molecule has 1 fully saturated rings. The van der Waals surface area contributed by atoms with Crippen LogP contribution in [0.5, 0.6) is 5.75 Å². The van der Waals surface area contributed by atoms with Crippen molar-refractivity contribution >= 4 is 5.69 Å². The summed E-state index contributed by atoms with van der Waals surface area (Å²) in [6.45, 7) is 2.82. The summed E-state index contributed by atoms with van der Waals surface area (Å²) in [5, 5.41) is 8.89. The molecule has 1 saturated heterocycles. The smallest absolute Gasteiger partial charge is 0.120 e. The van der Waals surface area contributed by atoms with Gasteiger partial charge in [0.25, 0.3) is 0 Å². The van der Waals surface area contributed by atoms with Gasteiger partial charge >= 0.3 is 0 Å². The molecule has 3 nitrogen and oxygen atoms in total. The summed E-state index contributed by atoms with van der Waals surface area (Å²) in [4.78, 5) is 2.40. The van der Waals surface area contributed by atoms with Crippen LogP contribution in [0.3, 0.4) is 0 Å². The fraction of sp³-hybridized carbons (Fsp3) is 0.278. The van der Waals surface area contributed by atoms with E-state index in [1.807, 2.05) is 18.2 Å². The molecule has 0 saturated carbocycles. The van der Waals surface area contributed by atoms with Crippen LogP contribution in [0.15, 0.2) is 54.6 Å². The highest BCUT2D eigenvalue weighted by atomic mass is 16.5. The van der Waals surface area contributed by atoms with Gasteiger partial charge in [0.05, 0.1) is 18.2 Å². The van der Waals surface area contributed by atoms with E-state index in [1.165, 1.54) is 5.69 Å². The second-order valence-corrected chi connectivity index (χ2v) is 5.39. The molecular weight excluding hydrogens is 260 g/mol. The molecule has 0 aromatic heterocycles. The summed E-state index contributed by atoms with van der Waals surface area (Å²) in [5.41, 5.74) is 1.93. The van der Waals surface area contributed by atoms with Crippen LogP contribution in [0, 0.1) is 17.2 Å². The third kappa shape index (κ3) is 3.35. The van der Waals surface area contributed by atoms with Crippen LogP contribution >= 0.6 is 0 Å². The molecular formula is C18H18N2O. The van der Waals surface area contributed by atoms with Crippen molar-refractivity contribution in [2.45, 2.75) is 6.42 Å². The Morgan fingerprint density at radius 1 is 1.14 bits per heavy atom. The topological polar surface area (TPSA) is 36.3 Å². The maximum Gasteiger partial charge on any atom is 0.120 e. The second kappa shape index (κ2) is 6.32. The Bertz CT molecular complexity index is 633. The van der Waals surface area contributed by atoms with Crippen molar-refractivity contribution in [3.63, 3.8) is 0 Å². The first kappa shape index (κ1) is 13.5. The van der Waals surface area contributed by atoms with E-state index >= 15 is 0 Å². The van der Waals surface area contributed by atoms with Crippen molar-refractivity contribution in [3.05, 3.63) is 60.2 Å². The normalized spacial score (nSPS) is 17.5. The fourth-order valence-electron chi connectivity index (χ4n) is 2.71. The van der Waals surface area contributed by atoms with Gasteiger partial charge in [-0.05, 0) is 36.8 Å². The van der Waals surface area contributed by atoms with Gasteiger partial charge in [-0.2, -0.15) is 5.26 Å². The minimum atomic E-state index is 0.538. The Balaban J connectivity index is 1.54.